The van der Waals surface area contributed by atoms with Gasteiger partial charge in [-0.05, 0) is 30.5 Å². The second kappa shape index (κ2) is 6.48. The Balaban J connectivity index is 2.60. The summed E-state index contributed by atoms with van der Waals surface area (Å²) in [5.41, 5.74) is 1.48. The van der Waals surface area contributed by atoms with Gasteiger partial charge in [0, 0.05) is 24.7 Å². The summed E-state index contributed by atoms with van der Waals surface area (Å²) >= 11 is 0. The van der Waals surface area contributed by atoms with Crippen molar-refractivity contribution in [3.05, 3.63) is 29.3 Å². The molecule has 16 heavy (non-hydrogen) atoms. The Labute approximate surface area is 94.8 Å². The minimum absolute atomic E-state index is 0.0263. The molecule has 0 unspecified atom stereocenters. The lowest BCUT2D eigenvalue weighted by Crippen LogP contribution is -2.11. The molecule has 0 radical (unpaired) electrons. The van der Waals surface area contributed by atoms with Gasteiger partial charge in [0.15, 0.2) is 0 Å². The van der Waals surface area contributed by atoms with Crippen LogP contribution in [0.4, 0.5) is 0 Å². The quantitative estimate of drug-likeness (QED) is 0.566. The molecule has 0 aliphatic carbocycles. The third-order valence-corrected chi connectivity index (χ3v) is 2.67. The molecule has 4 heteroatoms. The predicted molar refractivity (Wildman–Crippen MR) is 60.0 cm³/mol. The molecule has 0 amide bonds. The maximum atomic E-state index is 9.36. The van der Waals surface area contributed by atoms with Gasteiger partial charge in [-0.2, -0.15) is 0 Å². The first-order valence-electron chi connectivity index (χ1n) is 5.34. The van der Waals surface area contributed by atoms with Crippen LogP contribution in [0.1, 0.15) is 17.5 Å². The molecule has 1 aromatic rings. The first-order valence-corrected chi connectivity index (χ1v) is 5.34. The largest absolute Gasteiger partial charge is 0.508 e. The maximum absolute atomic E-state index is 9.36. The lowest BCUT2D eigenvalue weighted by atomic mass is 9.99. The number of aromatic hydroxyl groups is 1. The minimum Gasteiger partial charge on any atom is -0.508 e. The Hall–Kier alpha value is -1.10. The standard InChI is InChI=1S/C12H18O4/c13-6-10(7-14)2-1-9-3-4-12(16)11(5-9)8-15/h3-5,10,13-16H,1-2,6-8H2. The number of rotatable bonds is 6. The molecule has 0 fully saturated rings. The van der Waals surface area contributed by atoms with Crippen LogP contribution in [0.5, 0.6) is 5.75 Å². The molecule has 0 bridgehead atoms. The number of aryl methyl sites for hydroxylation is 1. The second-order valence-corrected chi connectivity index (χ2v) is 3.89. The second-order valence-electron chi connectivity index (χ2n) is 3.89. The summed E-state index contributed by atoms with van der Waals surface area (Å²) in [4.78, 5) is 0. The highest BCUT2D eigenvalue weighted by Gasteiger charge is 2.07. The van der Waals surface area contributed by atoms with Gasteiger partial charge in [-0.25, -0.2) is 0 Å². The van der Waals surface area contributed by atoms with E-state index in [2.05, 4.69) is 0 Å². The number of phenols is 1. The van der Waals surface area contributed by atoms with Crippen LogP contribution >= 0.6 is 0 Å². The molecule has 0 spiro atoms. The molecule has 0 aliphatic rings. The van der Waals surface area contributed by atoms with E-state index >= 15 is 0 Å². The van der Waals surface area contributed by atoms with Crippen molar-refractivity contribution in [2.45, 2.75) is 19.4 Å². The zero-order valence-electron chi connectivity index (χ0n) is 9.13. The number of aliphatic hydroxyl groups excluding tert-OH is 3. The van der Waals surface area contributed by atoms with Gasteiger partial charge in [0.2, 0.25) is 0 Å². The van der Waals surface area contributed by atoms with E-state index in [1.165, 1.54) is 0 Å². The van der Waals surface area contributed by atoms with E-state index < -0.39 is 0 Å². The molecule has 0 aliphatic heterocycles. The van der Waals surface area contributed by atoms with Crippen molar-refractivity contribution in [1.29, 1.82) is 0 Å². The van der Waals surface area contributed by atoms with Gasteiger partial charge in [-0.3, -0.25) is 0 Å². The fourth-order valence-electron chi connectivity index (χ4n) is 1.53. The molecule has 0 aromatic heterocycles. The number of aliphatic hydroxyl groups is 3. The molecule has 4 N–H and O–H groups in total. The minimum atomic E-state index is -0.191. The van der Waals surface area contributed by atoms with Crippen LogP contribution in [0.3, 0.4) is 0 Å². The summed E-state index contributed by atoms with van der Waals surface area (Å²) in [5, 5.41) is 36.2. The average molecular weight is 226 g/mol. The molecule has 4 nitrogen and oxygen atoms in total. The SMILES string of the molecule is OCc1cc(CCC(CO)CO)ccc1O. The van der Waals surface area contributed by atoms with Gasteiger partial charge in [-0.15, -0.1) is 0 Å². The molecular formula is C12H18O4. The van der Waals surface area contributed by atoms with Crippen molar-refractivity contribution in [1.82, 2.24) is 0 Å². The molecule has 0 saturated heterocycles. The van der Waals surface area contributed by atoms with Crippen molar-refractivity contribution in [3.63, 3.8) is 0 Å². The molecular weight excluding hydrogens is 208 g/mol. The molecule has 1 aromatic carbocycles. The fourth-order valence-corrected chi connectivity index (χ4v) is 1.53. The van der Waals surface area contributed by atoms with E-state index in [1.54, 1.807) is 18.2 Å². The third kappa shape index (κ3) is 3.48. The molecule has 90 valence electrons. The van der Waals surface area contributed by atoms with Crippen LogP contribution in [0.2, 0.25) is 0 Å². The lowest BCUT2D eigenvalue weighted by Gasteiger charge is -2.11. The highest BCUT2D eigenvalue weighted by atomic mass is 16.3. The van der Waals surface area contributed by atoms with Gasteiger partial charge in [0.1, 0.15) is 5.75 Å². The topological polar surface area (TPSA) is 80.9 Å². The lowest BCUT2D eigenvalue weighted by molar-refractivity contribution is 0.144. The van der Waals surface area contributed by atoms with E-state index in [-0.39, 0.29) is 31.5 Å². The zero-order valence-corrected chi connectivity index (χ0v) is 9.13. The smallest absolute Gasteiger partial charge is 0.121 e. The van der Waals surface area contributed by atoms with Crippen LogP contribution in [0.25, 0.3) is 0 Å². The summed E-state index contributed by atoms with van der Waals surface area (Å²) in [6.07, 6.45) is 1.39. The summed E-state index contributed by atoms with van der Waals surface area (Å²) in [5.74, 6) is -0.0153. The summed E-state index contributed by atoms with van der Waals surface area (Å²) in [6.45, 7) is -0.244. The van der Waals surface area contributed by atoms with Gasteiger partial charge < -0.3 is 20.4 Å². The normalized spacial score (nSPS) is 11.0. The molecule has 0 atom stereocenters. The van der Waals surface area contributed by atoms with Crippen molar-refractivity contribution in [2.75, 3.05) is 13.2 Å². The monoisotopic (exact) mass is 226 g/mol. The van der Waals surface area contributed by atoms with Crippen LogP contribution in [-0.4, -0.2) is 33.6 Å². The van der Waals surface area contributed by atoms with Crippen molar-refractivity contribution in [3.8, 4) is 5.75 Å². The van der Waals surface area contributed by atoms with E-state index in [4.69, 9.17) is 15.3 Å². The maximum Gasteiger partial charge on any atom is 0.121 e. The van der Waals surface area contributed by atoms with Crippen molar-refractivity contribution in [2.24, 2.45) is 5.92 Å². The Kier molecular flexibility index (Phi) is 5.25. The summed E-state index contributed by atoms with van der Waals surface area (Å²) in [6, 6.07) is 5.06. The Morgan fingerprint density at radius 1 is 1.06 bits per heavy atom. The van der Waals surface area contributed by atoms with Gasteiger partial charge in [0.25, 0.3) is 0 Å². The van der Waals surface area contributed by atoms with Crippen molar-refractivity contribution >= 4 is 0 Å². The average Bonchev–Trinajstić information content (AvgIpc) is 2.32. The van der Waals surface area contributed by atoms with Gasteiger partial charge >= 0.3 is 0 Å². The van der Waals surface area contributed by atoms with Crippen LogP contribution in [0, 0.1) is 5.92 Å². The Morgan fingerprint density at radius 2 is 1.75 bits per heavy atom. The Bertz CT molecular complexity index is 321. The number of hydrogen-bond acceptors (Lipinski definition) is 4. The van der Waals surface area contributed by atoms with Crippen LogP contribution in [0.15, 0.2) is 18.2 Å². The summed E-state index contributed by atoms with van der Waals surface area (Å²) < 4.78 is 0. The van der Waals surface area contributed by atoms with E-state index in [0.717, 1.165) is 5.56 Å². The molecule has 0 heterocycles. The molecule has 1 rings (SSSR count). The number of benzene rings is 1. The highest BCUT2D eigenvalue weighted by molar-refractivity contribution is 5.35. The van der Waals surface area contributed by atoms with Gasteiger partial charge in [0.05, 0.1) is 6.61 Å². The molecule has 0 saturated carbocycles. The van der Waals surface area contributed by atoms with E-state index in [9.17, 15) is 5.11 Å². The van der Waals surface area contributed by atoms with E-state index in [0.29, 0.717) is 18.4 Å². The first kappa shape index (κ1) is 13.0. The highest BCUT2D eigenvalue weighted by Crippen LogP contribution is 2.20. The van der Waals surface area contributed by atoms with Gasteiger partial charge in [-0.1, -0.05) is 6.07 Å². The third-order valence-electron chi connectivity index (χ3n) is 2.67. The fraction of sp³-hybridized carbons (Fsp3) is 0.500. The summed E-state index contributed by atoms with van der Waals surface area (Å²) in [7, 11) is 0. The van der Waals surface area contributed by atoms with E-state index in [1.807, 2.05) is 0 Å². The van der Waals surface area contributed by atoms with Crippen LogP contribution in [-0.2, 0) is 13.0 Å². The predicted octanol–water partition coefficient (Wildman–Crippen LogP) is 0.418. The zero-order chi connectivity index (χ0) is 12.0. The first-order chi connectivity index (χ1) is 7.71. The van der Waals surface area contributed by atoms with Crippen molar-refractivity contribution < 1.29 is 20.4 Å². The Morgan fingerprint density at radius 3 is 2.31 bits per heavy atom. The number of hydrogen-bond donors (Lipinski definition) is 4. The van der Waals surface area contributed by atoms with Crippen LogP contribution < -0.4 is 0 Å².